The predicted octanol–water partition coefficient (Wildman–Crippen LogP) is 7.46. The molecule has 0 aliphatic carbocycles. The van der Waals surface area contributed by atoms with E-state index < -0.39 is 0 Å². The van der Waals surface area contributed by atoms with Gasteiger partial charge in [-0.05, 0) is 58.3 Å². The van der Waals surface area contributed by atoms with Gasteiger partial charge in [0.05, 0.1) is 12.1 Å². The number of methoxy groups -OCH3 is 1. The molecule has 0 saturated heterocycles. The molecule has 0 saturated carbocycles. The summed E-state index contributed by atoms with van der Waals surface area (Å²) in [5, 5.41) is 6.28. The Balaban J connectivity index is 1.51. The van der Waals surface area contributed by atoms with Crippen molar-refractivity contribution in [3.63, 3.8) is 0 Å². The molecule has 0 aliphatic rings. The summed E-state index contributed by atoms with van der Waals surface area (Å²) in [5.41, 5.74) is 3.15. The summed E-state index contributed by atoms with van der Waals surface area (Å²) in [7, 11) is 1.63. The van der Waals surface area contributed by atoms with Crippen molar-refractivity contribution in [2.45, 2.75) is 13.2 Å². The van der Waals surface area contributed by atoms with Gasteiger partial charge in [-0.3, -0.25) is 0 Å². The van der Waals surface area contributed by atoms with Gasteiger partial charge in [0.2, 0.25) is 0 Å². The number of fused-ring (bicyclic) bond motifs is 1. The number of anilines is 1. The first-order valence-corrected chi connectivity index (χ1v) is 10.8. The standard InChI is InChI=1S/C25H21BrClNO2/c1-29-24-14-17(15-28-21-11-9-20(26)10-12-21)13-23(27)25(24)30-16-19-7-4-6-18-5-2-3-8-22(18)19/h2-14,28H,15-16H2,1H3. The highest BCUT2D eigenvalue weighted by molar-refractivity contribution is 9.10. The third-order valence-corrected chi connectivity index (χ3v) is 5.69. The molecule has 0 aromatic heterocycles. The predicted molar refractivity (Wildman–Crippen MR) is 128 cm³/mol. The Morgan fingerprint density at radius 3 is 2.50 bits per heavy atom. The Labute approximate surface area is 189 Å². The fourth-order valence-corrected chi connectivity index (χ4v) is 3.91. The van der Waals surface area contributed by atoms with Crippen LogP contribution in [0.1, 0.15) is 11.1 Å². The third-order valence-electron chi connectivity index (χ3n) is 4.88. The maximum absolute atomic E-state index is 6.56. The van der Waals surface area contributed by atoms with E-state index in [1.165, 1.54) is 10.8 Å². The van der Waals surface area contributed by atoms with E-state index in [1.54, 1.807) is 7.11 Å². The zero-order chi connectivity index (χ0) is 20.9. The van der Waals surface area contributed by atoms with Crippen molar-refractivity contribution in [2.24, 2.45) is 0 Å². The average molecular weight is 483 g/mol. The smallest absolute Gasteiger partial charge is 0.180 e. The van der Waals surface area contributed by atoms with Gasteiger partial charge in [-0.25, -0.2) is 0 Å². The van der Waals surface area contributed by atoms with Crippen LogP contribution in [0, 0.1) is 0 Å². The molecule has 4 rings (SSSR count). The van der Waals surface area contributed by atoms with E-state index in [4.69, 9.17) is 21.1 Å². The highest BCUT2D eigenvalue weighted by Gasteiger charge is 2.13. The minimum Gasteiger partial charge on any atom is -0.493 e. The number of benzene rings is 4. The van der Waals surface area contributed by atoms with Crippen LogP contribution in [0.15, 0.2) is 83.3 Å². The van der Waals surface area contributed by atoms with Crippen LogP contribution in [0.25, 0.3) is 10.8 Å². The number of hydrogen-bond acceptors (Lipinski definition) is 3. The molecule has 152 valence electrons. The van der Waals surface area contributed by atoms with Crippen LogP contribution >= 0.6 is 27.5 Å². The molecule has 0 aliphatic heterocycles. The Morgan fingerprint density at radius 2 is 1.70 bits per heavy atom. The Hall–Kier alpha value is -2.69. The van der Waals surface area contributed by atoms with Crippen LogP contribution in [0.4, 0.5) is 5.69 Å². The molecule has 4 aromatic rings. The van der Waals surface area contributed by atoms with Crippen molar-refractivity contribution in [3.05, 3.63) is 99.5 Å². The second kappa shape index (κ2) is 9.41. The van der Waals surface area contributed by atoms with Crippen LogP contribution in [-0.4, -0.2) is 7.11 Å². The zero-order valence-electron chi connectivity index (χ0n) is 16.5. The lowest BCUT2D eigenvalue weighted by molar-refractivity contribution is 0.285. The molecule has 0 fully saturated rings. The molecular formula is C25H21BrClNO2. The molecule has 0 bridgehead atoms. The van der Waals surface area contributed by atoms with Crippen molar-refractivity contribution in [1.82, 2.24) is 0 Å². The first kappa shape index (κ1) is 20.6. The van der Waals surface area contributed by atoms with Gasteiger partial charge < -0.3 is 14.8 Å². The van der Waals surface area contributed by atoms with Crippen molar-refractivity contribution in [1.29, 1.82) is 0 Å². The molecule has 0 amide bonds. The van der Waals surface area contributed by atoms with Gasteiger partial charge in [0.1, 0.15) is 6.61 Å². The van der Waals surface area contributed by atoms with Gasteiger partial charge in [0.15, 0.2) is 11.5 Å². The van der Waals surface area contributed by atoms with Gasteiger partial charge in [-0.15, -0.1) is 0 Å². The summed E-state index contributed by atoms with van der Waals surface area (Å²) in [4.78, 5) is 0. The van der Waals surface area contributed by atoms with E-state index >= 15 is 0 Å². The summed E-state index contributed by atoms with van der Waals surface area (Å²) in [5.74, 6) is 1.18. The highest BCUT2D eigenvalue weighted by atomic mass is 79.9. The molecule has 1 N–H and O–H groups in total. The van der Waals surface area contributed by atoms with Crippen LogP contribution in [0.2, 0.25) is 5.02 Å². The Bertz CT molecular complexity index is 1160. The number of rotatable bonds is 7. The summed E-state index contributed by atoms with van der Waals surface area (Å²) < 4.78 is 12.7. The largest absolute Gasteiger partial charge is 0.493 e. The SMILES string of the molecule is COc1cc(CNc2ccc(Br)cc2)cc(Cl)c1OCc1cccc2ccccc12. The minimum absolute atomic E-state index is 0.411. The summed E-state index contributed by atoms with van der Waals surface area (Å²) in [6, 6.07) is 26.4. The summed E-state index contributed by atoms with van der Waals surface area (Å²) in [6.45, 7) is 1.04. The van der Waals surface area contributed by atoms with Crippen molar-refractivity contribution < 1.29 is 9.47 Å². The summed E-state index contributed by atoms with van der Waals surface area (Å²) in [6.07, 6.45) is 0. The van der Waals surface area contributed by atoms with Crippen LogP contribution < -0.4 is 14.8 Å². The van der Waals surface area contributed by atoms with Crippen molar-refractivity contribution in [2.75, 3.05) is 12.4 Å². The average Bonchev–Trinajstić information content (AvgIpc) is 2.77. The van der Waals surface area contributed by atoms with E-state index in [9.17, 15) is 0 Å². The second-order valence-corrected chi connectivity index (χ2v) is 8.22. The van der Waals surface area contributed by atoms with Crippen LogP contribution in [-0.2, 0) is 13.2 Å². The van der Waals surface area contributed by atoms with Gasteiger partial charge in [0, 0.05) is 16.7 Å². The molecule has 5 heteroatoms. The molecule has 30 heavy (non-hydrogen) atoms. The lowest BCUT2D eigenvalue weighted by atomic mass is 10.1. The molecule has 0 atom stereocenters. The topological polar surface area (TPSA) is 30.5 Å². The van der Waals surface area contributed by atoms with Gasteiger partial charge in [-0.1, -0.05) is 70.0 Å². The van der Waals surface area contributed by atoms with Gasteiger partial charge >= 0.3 is 0 Å². The number of nitrogens with one attached hydrogen (secondary N) is 1. The van der Waals surface area contributed by atoms with Gasteiger partial charge in [-0.2, -0.15) is 0 Å². The number of hydrogen-bond donors (Lipinski definition) is 1. The molecule has 4 aromatic carbocycles. The highest BCUT2D eigenvalue weighted by Crippen LogP contribution is 2.37. The van der Waals surface area contributed by atoms with Gasteiger partial charge in [0.25, 0.3) is 0 Å². The molecule has 0 unspecified atom stereocenters. The summed E-state index contributed by atoms with van der Waals surface area (Å²) >= 11 is 10.0. The van der Waals surface area contributed by atoms with Crippen LogP contribution in [0.3, 0.4) is 0 Å². The minimum atomic E-state index is 0.411. The van der Waals surface area contributed by atoms with E-state index in [1.807, 2.05) is 54.6 Å². The number of ether oxygens (including phenoxy) is 2. The maximum atomic E-state index is 6.56. The van der Waals surface area contributed by atoms with Crippen molar-refractivity contribution in [3.8, 4) is 11.5 Å². The monoisotopic (exact) mass is 481 g/mol. The third kappa shape index (κ3) is 4.72. The zero-order valence-corrected chi connectivity index (χ0v) is 18.8. The number of halogens is 2. The van der Waals surface area contributed by atoms with Crippen molar-refractivity contribution >= 4 is 44.0 Å². The normalized spacial score (nSPS) is 10.8. The Kier molecular flexibility index (Phi) is 6.46. The van der Waals surface area contributed by atoms with E-state index in [0.717, 1.165) is 21.3 Å². The molecule has 0 spiro atoms. The fourth-order valence-electron chi connectivity index (χ4n) is 3.36. The first-order chi connectivity index (χ1) is 14.6. The second-order valence-electron chi connectivity index (χ2n) is 6.90. The van der Waals surface area contributed by atoms with E-state index in [2.05, 4.69) is 45.5 Å². The lowest BCUT2D eigenvalue weighted by Crippen LogP contribution is -2.03. The molecule has 0 heterocycles. The quantitative estimate of drug-likeness (QED) is 0.296. The van der Waals surface area contributed by atoms with Crippen LogP contribution in [0.5, 0.6) is 11.5 Å². The Morgan fingerprint density at radius 1 is 0.933 bits per heavy atom. The lowest BCUT2D eigenvalue weighted by Gasteiger charge is -2.16. The van der Waals surface area contributed by atoms with E-state index in [-0.39, 0.29) is 0 Å². The fraction of sp³-hybridized carbons (Fsp3) is 0.120. The van der Waals surface area contributed by atoms with E-state index in [0.29, 0.717) is 29.7 Å². The maximum Gasteiger partial charge on any atom is 0.180 e. The first-order valence-electron chi connectivity index (χ1n) is 9.59. The molecule has 0 radical (unpaired) electrons. The molecular weight excluding hydrogens is 462 g/mol. The molecule has 3 nitrogen and oxygen atoms in total.